The van der Waals surface area contributed by atoms with Crippen LogP contribution in [0, 0.1) is 0 Å². The normalized spacial score (nSPS) is 24.3. The van der Waals surface area contributed by atoms with Crippen molar-refractivity contribution < 1.29 is 0 Å². The maximum Gasteiger partial charge on any atom is 0.0345 e. The molecule has 1 saturated heterocycles. The molecule has 4 heteroatoms. The highest BCUT2D eigenvalue weighted by Gasteiger charge is 2.31. The van der Waals surface area contributed by atoms with E-state index in [0.29, 0.717) is 6.04 Å². The van der Waals surface area contributed by atoms with Crippen LogP contribution in [-0.2, 0) is 6.42 Å². The van der Waals surface area contributed by atoms with Gasteiger partial charge in [-0.3, -0.25) is 0 Å². The zero-order valence-corrected chi connectivity index (χ0v) is 15.1. The molecule has 0 spiro atoms. The van der Waals surface area contributed by atoms with Gasteiger partial charge in [0.2, 0.25) is 0 Å². The summed E-state index contributed by atoms with van der Waals surface area (Å²) in [5, 5.41) is 8.95. The molecule has 3 unspecified atom stereocenters. The van der Waals surface area contributed by atoms with Crippen LogP contribution in [0.2, 0.25) is 0 Å². The van der Waals surface area contributed by atoms with Gasteiger partial charge in [-0.05, 0) is 42.3 Å². The number of benzene rings is 1. The van der Waals surface area contributed by atoms with E-state index in [-0.39, 0.29) is 0 Å². The van der Waals surface area contributed by atoms with E-state index < -0.39 is 0 Å². The molecule has 2 aromatic rings. The van der Waals surface area contributed by atoms with Crippen molar-refractivity contribution in [3.63, 3.8) is 0 Å². The molecule has 0 saturated carbocycles. The SMILES string of the molecule is CCC1SCCSC1C(Cc1csc2ccccc12)NC. The summed E-state index contributed by atoms with van der Waals surface area (Å²) >= 11 is 6.23. The third-order valence-electron chi connectivity index (χ3n) is 4.26. The second-order valence-corrected chi connectivity index (χ2v) is 9.05. The van der Waals surface area contributed by atoms with Crippen molar-refractivity contribution in [2.24, 2.45) is 0 Å². The number of thiophene rings is 1. The molecule has 0 bridgehead atoms. The van der Waals surface area contributed by atoms with Gasteiger partial charge in [-0.15, -0.1) is 11.3 Å². The van der Waals surface area contributed by atoms with E-state index in [1.54, 1.807) is 0 Å². The Hall–Kier alpha value is -0.160. The summed E-state index contributed by atoms with van der Waals surface area (Å²) in [6.07, 6.45) is 2.43. The Morgan fingerprint density at radius 3 is 2.86 bits per heavy atom. The maximum atomic E-state index is 3.61. The summed E-state index contributed by atoms with van der Waals surface area (Å²) in [4.78, 5) is 0. The number of likely N-dealkylation sites (N-methyl/N-ethyl adjacent to an activating group) is 1. The molecule has 1 aromatic heterocycles. The first-order valence-corrected chi connectivity index (χ1v) is 10.7. The lowest BCUT2D eigenvalue weighted by Crippen LogP contribution is -2.44. The van der Waals surface area contributed by atoms with Crippen LogP contribution in [0.3, 0.4) is 0 Å². The predicted octanol–water partition coefficient (Wildman–Crippen LogP) is 4.66. The van der Waals surface area contributed by atoms with Gasteiger partial charge in [-0.1, -0.05) is 25.1 Å². The molecule has 3 atom stereocenters. The standard InChI is InChI=1S/C17H23NS3/c1-3-15-17(20-9-8-19-15)14(18-2)10-12-11-21-16-7-5-4-6-13(12)16/h4-7,11,14-15,17-18H,3,8-10H2,1-2H3. The van der Waals surface area contributed by atoms with Crippen LogP contribution in [0.5, 0.6) is 0 Å². The second-order valence-electron chi connectivity index (χ2n) is 5.51. The number of nitrogens with one attached hydrogen (secondary N) is 1. The summed E-state index contributed by atoms with van der Waals surface area (Å²) < 4.78 is 1.42. The Morgan fingerprint density at radius 1 is 1.24 bits per heavy atom. The Labute approximate surface area is 140 Å². The molecular formula is C17H23NS3. The van der Waals surface area contributed by atoms with Crippen LogP contribution in [-0.4, -0.2) is 35.1 Å². The van der Waals surface area contributed by atoms with Gasteiger partial charge >= 0.3 is 0 Å². The average molecular weight is 338 g/mol. The molecule has 1 nitrogen and oxygen atoms in total. The van der Waals surface area contributed by atoms with Gasteiger partial charge in [0.15, 0.2) is 0 Å². The molecule has 1 aliphatic heterocycles. The summed E-state index contributed by atoms with van der Waals surface area (Å²) in [5.74, 6) is 2.62. The van der Waals surface area contributed by atoms with Crippen LogP contribution in [0.1, 0.15) is 18.9 Å². The smallest absolute Gasteiger partial charge is 0.0345 e. The summed E-state index contributed by atoms with van der Waals surface area (Å²) in [7, 11) is 2.13. The highest BCUT2D eigenvalue weighted by molar-refractivity contribution is 8.07. The predicted molar refractivity (Wildman–Crippen MR) is 101 cm³/mol. The molecule has 3 rings (SSSR count). The lowest BCUT2D eigenvalue weighted by atomic mass is 10.00. The van der Waals surface area contributed by atoms with E-state index in [4.69, 9.17) is 0 Å². The van der Waals surface area contributed by atoms with E-state index in [0.717, 1.165) is 16.9 Å². The zero-order valence-electron chi connectivity index (χ0n) is 12.7. The third kappa shape index (κ3) is 3.44. The Morgan fingerprint density at radius 2 is 2.05 bits per heavy atom. The lowest BCUT2D eigenvalue weighted by Gasteiger charge is -2.36. The largest absolute Gasteiger partial charge is 0.316 e. The van der Waals surface area contributed by atoms with Crippen molar-refractivity contribution in [2.45, 2.75) is 36.3 Å². The highest BCUT2D eigenvalue weighted by atomic mass is 32.2. The van der Waals surface area contributed by atoms with Crippen molar-refractivity contribution in [2.75, 3.05) is 18.6 Å². The van der Waals surface area contributed by atoms with E-state index in [1.165, 1.54) is 33.6 Å². The van der Waals surface area contributed by atoms with Gasteiger partial charge < -0.3 is 5.32 Å². The number of thioether (sulfide) groups is 2. The summed E-state index contributed by atoms with van der Waals surface area (Å²) in [6, 6.07) is 9.38. The third-order valence-corrected chi connectivity index (χ3v) is 8.68. The molecular weight excluding hydrogens is 314 g/mol. The highest BCUT2D eigenvalue weighted by Crippen LogP contribution is 2.37. The number of rotatable bonds is 5. The van der Waals surface area contributed by atoms with Crippen molar-refractivity contribution in [1.82, 2.24) is 5.32 Å². The number of hydrogen-bond acceptors (Lipinski definition) is 4. The van der Waals surface area contributed by atoms with Gasteiger partial charge in [0.1, 0.15) is 0 Å². The molecule has 114 valence electrons. The molecule has 21 heavy (non-hydrogen) atoms. The van der Waals surface area contributed by atoms with E-state index in [2.05, 4.69) is 72.5 Å². The molecule has 0 amide bonds. The fraction of sp³-hybridized carbons (Fsp3) is 0.529. The first-order valence-electron chi connectivity index (χ1n) is 7.69. The fourth-order valence-electron chi connectivity index (χ4n) is 3.12. The van der Waals surface area contributed by atoms with Crippen molar-refractivity contribution in [1.29, 1.82) is 0 Å². The van der Waals surface area contributed by atoms with Gasteiger partial charge in [0.25, 0.3) is 0 Å². The lowest BCUT2D eigenvalue weighted by molar-refractivity contribution is 0.519. The minimum absolute atomic E-state index is 0.575. The van der Waals surface area contributed by atoms with E-state index in [9.17, 15) is 0 Å². The first-order chi connectivity index (χ1) is 10.3. The Kier molecular flexibility index (Phi) is 5.54. The number of fused-ring (bicyclic) bond motifs is 1. The van der Waals surface area contributed by atoms with Gasteiger partial charge in [-0.25, -0.2) is 0 Å². The van der Waals surface area contributed by atoms with Crippen LogP contribution in [0.15, 0.2) is 29.6 Å². The van der Waals surface area contributed by atoms with Crippen molar-refractivity contribution >= 4 is 44.9 Å². The Balaban J connectivity index is 1.80. The summed E-state index contributed by atoms with van der Waals surface area (Å²) in [5.41, 5.74) is 1.51. The topological polar surface area (TPSA) is 12.0 Å². The van der Waals surface area contributed by atoms with E-state index in [1.807, 2.05) is 11.3 Å². The molecule has 1 fully saturated rings. The minimum Gasteiger partial charge on any atom is -0.316 e. The van der Waals surface area contributed by atoms with Gasteiger partial charge in [0, 0.05) is 32.7 Å². The molecule has 0 aliphatic carbocycles. The van der Waals surface area contributed by atoms with Gasteiger partial charge in [0.05, 0.1) is 0 Å². The number of hydrogen-bond donors (Lipinski definition) is 1. The molecule has 1 aromatic carbocycles. The quantitative estimate of drug-likeness (QED) is 0.852. The van der Waals surface area contributed by atoms with Crippen LogP contribution in [0.25, 0.3) is 10.1 Å². The van der Waals surface area contributed by atoms with E-state index >= 15 is 0 Å². The first kappa shape index (κ1) is 15.7. The van der Waals surface area contributed by atoms with Crippen LogP contribution in [0.4, 0.5) is 0 Å². The zero-order chi connectivity index (χ0) is 14.7. The average Bonchev–Trinajstić information content (AvgIpc) is 2.95. The minimum atomic E-state index is 0.575. The van der Waals surface area contributed by atoms with Crippen molar-refractivity contribution in [3.05, 3.63) is 35.2 Å². The van der Waals surface area contributed by atoms with Gasteiger partial charge in [-0.2, -0.15) is 23.5 Å². The molecule has 0 radical (unpaired) electrons. The molecule has 2 heterocycles. The molecule has 1 N–H and O–H groups in total. The van der Waals surface area contributed by atoms with Crippen molar-refractivity contribution in [3.8, 4) is 0 Å². The maximum absolute atomic E-state index is 3.61. The molecule has 1 aliphatic rings. The van der Waals surface area contributed by atoms with Crippen LogP contribution < -0.4 is 5.32 Å². The van der Waals surface area contributed by atoms with Crippen LogP contribution >= 0.6 is 34.9 Å². The summed E-state index contributed by atoms with van der Waals surface area (Å²) in [6.45, 7) is 2.34. The second kappa shape index (κ2) is 7.40. The monoisotopic (exact) mass is 337 g/mol. The Bertz CT molecular complexity index is 580. The fourth-order valence-corrected chi connectivity index (χ4v) is 7.40.